The van der Waals surface area contributed by atoms with Gasteiger partial charge in [0.25, 0.3) is 0 Å². The highest BCUT2D eigenvalue weighted by Crippen LogP contribution is 2.16. The van der Waals surface area contributed by atoms with E-state index in [4.69, 9.17) is 4.52 Å². The van der Waals surface area contributed by atoms with Crippen molar-refractivity contribution in [3.05, 3.63) is 17.0 Å². The smallest absolute Gasteiger partial charge is 0.361 e. The van der Waals surface area contributed by atoms with Gasteiger partial charge < -0.3 is 9.84 Å². The van der Waals surface area contributed by atoms with Gasteiger partial charge in [0.1, 0.15) is 5.76 Å². The van der Waals surface area contributed by atoms with Crippen LogP contribution in [0.3, 0.4) is 0 Å². The van der Waals surface area contributed by atoms with E-state index in [0.29, 0.717) is 17.0 Å². The summed E-state index contributed by atoms with van der Waals surface area (Å²) in [6.45, 7) is 2.92. The molecule has 1 amide bonds. The van der Waals surface area contributed by atoms with Crippen molar-refractivity contribution < 1.29 is 22.5 Å². The lowest BCUT2D eigenvalue weighted by molar-refractivity contribution is -0.173. The maximum atomic E-state index is 11.8. The van der Waals surface area contributed by atoms with Gasteiger partial charge in [-0.1, -0.05) is 5.16 Å². The maximum absolute atomic E-state index is 11.8. The van der Waals surface area contributed by atoms with E-state index in [1.807, 2.05) is 0 Å². The summed E-state index contributed by atoms with van der Waals surface area (Å²) in [7, 11) is 0. The highest BCUT2D eigenvalue weighted by molar-refractivity contribution is 5.81. The van der Waals surface area contributed by atoms with Crippen LogP contribution in [0.2, 0.25) is 0 Å². The van der Waals surface area contributed by atoms with E-state index in [0.717, 1.165) is 0 Å². The average Bonchev–Trinajstić information content (AvgIpc) is 2.41. The molecule has 1 aromatic heterocycles. The molecule has 0 saturated heterocycles. The van der Waals surface area contributed by atoms with Crippen LogP contribution in [0.5, 0.6) is 0 Å². The number of carbonyl (C=O) groups is 1. The van der Waals surface area contributed by atoms with E-state index >= 15 is 0 Å². The second kappa shape index (κ2) is 3.92. The number of hydrogen-bond acceptors (Lipinski definition) is 3. The van der Waals surface area contributed by atoms with Gasteiger partial charge in [0.15, 0.2) is 0 Å². The van der Waals surface area contributed by atoms with Crippen molar-refractivity contribution in [3.8, 4) is 0 Å². The zero-order chi connectivity index (χ0) is 11.6. The molecule has 0 bridgehead atoms. The Labute approximate surface area is 83.4 Å². The van der Waals surface area contributed by atoms with Crippen molar-refractivity contribution >= 4 is 5.91 Å². The Balaban J connectivity index is 2.62. The number of carbonyl (C=O) groups excluding carboxylic acids is 1. The summed E-state index contributed by atoms with van der Waals surface area (Å²) in [6.07, 6.45) is -4.86. The molecule has 1 N–H and O–H groups in total. The van der Waals surface area contributed by atoms with Crippen LogP contribution in [-0.4, -0.2) is 17.2 Å². The Morgan fingerprint density at radius 1 is 1.47 bits per heavy atom. The van der Waals surface area contributed by atoms with E-state index < -0.39 is 12.1 Å². The topological polar surface area (TPSA) is 55.1 Å². The fraction of sp³-hybridized carbons (Fsp3) is 0.500. The van der Waals surface area contributed by atoms with E-state index in [-0.39, 0.29) is 6.54 Å². The third-order valence-corrected chi connectivity index (χ3v) is 1.86. The number of amides is 1. The predicted molar refractivity (Wildman–Crippen MR) is 43.9 cm³/mol. The van der Waals surface area contributed by atoms with Gasteiger partial charge in [-0.15, -0.1) is 0 Å². The number of nitrogens with one attached hydrogen (secondary N) is 1. The van der Waals surface area contributed by atoms with Crippen molar-refractivity contribution in [3.63, 3.8) is 0 Å². The highest BCUT2D eigenvalue weighted by Gasteiger charge is 2.38. The summed E-state index contributed by atoms with van der Waals surface area (Å²) in [6, 6.07) is 0. The fourth-order valence-electron chi connectivity index (χ4n) is 1.02. The normalized spacial score (nSPS) is 11.5. The summed E-state index contributed by atoms with van der Waals surface area (Å²) in [5.74, 6) is -1.57. The molecule has 0 atom stereocenters. The largest absolute Gasteiger partial charge is 0.471 e. The summed E-state index contributed by atoms with van der Waals surface area (Å²) in [5, 5.41) is 5.29. The van der Waals surface area contributed by atoms with Crippen molar-refractivity contribution in [2.45, 2.75) is 26.6 Å². The van der Waals surface area contributed by atoms with Crippen LogP contribution in [0.1, 0.15) is 17.0 Å². The quantitative estimate of drug-likeness (QED) is 0.824. The molecular weight excluding hydrogens is 213 g/mol. The number of aryl methyl sites for hydroxylation is 2. The molecular formula is C8H9F3N2O2. The Bertz CT molecular complexity index is 351. The van der Waals surface area contributed by atoms with Crippen LogP contribution < -0.4 is 5.32 Å². The first-order valence-corrected chi connectivity index (χ1v) is 4.09. The number of rotatable bonds is 2. The molecule has 0 aliphatic carbocycles. The lowest BCUT2D eigenvalue weighted by Gasteiger charge is -2.06. The van der Waals surface area contributed by atoms with E-state index in [9.17, 15) is 18.0 Å². The van der Waals surface area contributed by atoms with Crippen molar-refractivity contribution in [2.75, 3.05) is 0 Å². The van der Waals surface area contributed by atoms with Crippen LogP contribution in [0.25, 0.3) is 0 Å². The first-order chi connectivity index (χ1) is 6.82. The molecule has 0 aliphatic rings. The van der Waals surface area contributed by atoms with Crippen LogP contribution in [0.15, 0.2) is 4.52 Å². The molecule has 7 heteroatoms. The number of nitrogens with zero attached hydrogens (tertiary/aromatic N) is 1. The average molecular weight is 222 g/mol. The monoisotopic (exact) mass is 222 g/mol. The van der Waals surface area contributed by atoms with E-state index in [2.05, 4.69) is 5.16 Å². The summed E-state index contributed by atoms with van der Waals surface area (Å²) >= 11 is 0. The molecule has 0 aliphatic heterocycles. The van der Waals surface area contributed by atoms with Crippen LogP contribution in [0, 0.1) is 13.8 Å². The standard InChI is InChI=1S/C8H9F3N2O2/c1-4-6(5(2)15-13-4)3-12-7(14)8(9,10)11/h3H2,1-2H3,(H,12,14). The minimum Gasteiger partial charge on any atom is -0.361 e. The van der Waals surface area contributed by atoms with Gasteiger partial charge in [-0.05, 0) is 13.8 Å². The summed E-state index contributed by atoms with van der Waals surface area (Å²) in [5.41, 5.74) is 0.933. The summed E-state index contributed by atoms with van der Waals surface area (Å²) in [4.78, 5) is 10.5. The third kappa shape index (κ3) is 2.71. The first-order valence-electron chi connectivity index (χ1n) is 4.09. The lowest BCUT2D eigenvalue weighted by atomic mass is 10.2. The molecule has 0 unspecified atom stereocenters. The lowest BCUT2D eigenvalue weighted by Crippen LogP contribution is -2.36. The van der Waals surface area contributed by atoms with Gasteiger partial charge in [-0.2, -0.15) is 13.2 Å². The molecule has 0 aromatic carbocycles. The molecule has 15 heavy (non-hydrogen) atoms. The second-order valence-electron chi connectivity index (χ2n) is 2.98. The molecule has 84 valence electrons. The molecule has 1 heterocycles. The number of hydrogen-bond donors (Lipinski definition) is 1. The zero-order valence-corrected chi connectivity index (χ0v) is 8.10. The molecule has 0 fully saturated rings. The van der Waals surface area contributed by atoms with Gasteiger partial charge in [0, 0.05) is 12.1 Å². The van der Waals surface area contributed by atoms with Crippen LogP contribution >= 0.6 is 0 Å². The Morgan fingerprint density at radius 3 is 2.47 bits per heavy atom. The van der Waals surface area contributed by atoms with Crippen molar-refractivity contribution in [1.82, 2.24) is 10.5 Å². The van der Waals surface area contributed by atoms with Gasteiger partial charge >= 0.3 is 12.1 Å². The predicted octanol–water partition coefficient (Wildman–Crippen LogP) is 1.47. The van der Waals surface area contributed by atoms with Gasteiger partial charge in [0.2, 0.25) is 0 Å². The minimum absolute atomic E-state index is 0.237. The first kappa shape index (κ1) is 11.5. The van der Waals surface area contributed by atoms with Gasteiger partial charge in [-0.3, -0.25) is 4.79 Å². The Kier molecular flexibility index (Phi) is 3.01. The van der Waals surface area contributed by atoms with Gasteiger partial charge in [-0.25, -0.2) is 0 Å². The van der Waals surface area contributed by atoms with E-state index in [1.54, 1.807) is 19.2 Å². The van der Waals surface area contributed by atoms with Crippen molar-refractivity contribution in [1.29, 1.82) is 0 Å². The molecule has 4 nitrogen and oxygen atoms in total. The Morgan fingerprint density at radius 2 is 2.07 bits per heavy atom. The number of aromatic nitrogens is 1. The summed E-state index contributed by atoms with van der Waals surface area (Å²) < 4.78 is 40.2. The zero-order valence-electron chi connectivity index (χ0n) is 8.10. The fourth-order valence-corrected chi connectivity index (χ4v) is 1.02. The Hall–Kier alpha value is -1.53. The molecule has 0 spiro atoms. The molecule has 1 aromatic rings. The van der Waals surface area contributed by atoms with Gasteiger partial charge in [0.05, 0.1) is 5.69 Å². The number of halogens is 3. The SMILES string of the molecule is Cc1noc(C)c1CNC(=O)C(F)(F)F. The van der Waals surface area contributed by atoms with E-state index in [1.165, 1.54) is 0 Å². The molecule has 0 radical (unpaired) electrons. The minimum atomic E-state index is -4.86. The van der Waals surface area contributed by atoms with Crippen LogP contribution in [0.4, 0.5) is 13.2 Å². The number of alkyl halides is 3. The molecule has 1 rings (SSSR count). The van der Waals surface area contributed by atoms with Crippen LogP contribution in [-0.2, 0) is 11.3 Å². The highest BCUT2D eigenvalue weighted by atomic mass is 19.4. The second-order valence-corrected chi connectivity index (χ2v) is 2.98. The maximum Gasteiger partial charge on any atom is 0.471 e. The third-order valence-electron chi connectivity index (χ3n) is 1.86. The van der Waals surface area contributed by atoms with Crippen molar-refractivity contribution in [2.24, 2.45) is 0 Å². The molecule has 0 saturated carbocycles.